The molecule has 2 rings (SSSR count). The van der Waals surface area contributed by atoms with E-state index < -0.39 is 0 Å². The van der Waals surface area contributed by atoms with Crippen molar-refractivity contribution in [2.75, 3.05) is 31.7 Å². The van der Waals surface area contributed by atoms with Gasteiger partial charge in [0, 0.05) is 58.3 Å². The molecule has 1 aliphatic heterocycles. The summed E-state index contributed by atoms with van der Waals surface area (Å²) < 4.78 is 6.70. The smallest absolute Gasteiger partial charge is 0.293 e. The second-order valence-electron chi connectivity index (χ2n) is 5.80. The highest BCUT2D eigenvalue weighted by atomic mass is 16.5. The minimum atomic E-state index is -0.0226. The van der Waals surface area contributed by atoms with Crippen LogP contribution in [0.1, 0.15) is 26.2 Å². The van der Waals surface area contributed by atoms with Gasteiger partial charge in [-0.15, -0.1) is 0 Å². The molecular formula is C15H26N4O2. The molecule has 6 nitrogen and oxygen atoms in total. The molecule has 6 heteroatoms. The summed E-state index contributed by atoms with van der Waals surface area (Å²) in [5.41, 5.74) is -0.0226. The molecule has 1 fully saturated rings. The maximum Gasteiger partial charge on any atom is 0.293 e. The topological polar surface area (TPSA) is 59.4 Å². The van der Waals surface area contributed by atoms with E-state index in [1.54, 1.807) is 31.1 Å². The van der Waals surface area contributed by atoms with Crippen molar-refractivity contribution in [2.24, 2.45) is 7.05 Å². The number of piperidine rings is 1. The summed E-state index contributed by atoms with van der Waals surface area (Å²) >= 11 is 0. The lowest BCUT2D eigenvalue weighted by Gasteiger charge is -2.35. The first-order chi connectivity index (χ1) is 10.1. The molecule has 1 aromatic heterocycles. The van der Waals surface area contributed by atoms with Crippen LogP contribution in [0.15, 0.2) is 17.2 Å². The summed E-state index contributed by atoms with van der Waals surface area (Å²) in [5.74, 6) is 0.566. The third-order valence-corrected chi connectivity index (χ3v) is 3.99. The molecule has 0 radical (unpaired) electrons. The molecule has 0 aliphatic carbocycles. The highest BCUT2D eigenvalue weighted by Gasteiger charge is 2.23. The molecule has 1 aliphatic rings. The van der Waals surface area contributed by atoms with Crippen LogP contribution >= 0.6 is 0 Å². The molecule has 1 N–H and O–H groups in total. The van der Waals surface area contributed by atoms with Crippen LogP contribution in [0.5, 0.6) is 0 Å². The second kappa shape index (κ2) is 7.56. The SMILES string of the molecule is COCC[C@@H](C)N[C@H]1CCCN(c2nccn(C)c2=O)C1. The maximum absolute atomic E-state index is 12.2. The minimum absolute atomic E-state index is 0.0226. The lowest BCUT2D eigenvalue weighted by atomic mass is 10.0. The van der Waals surface area contributed by atoms with E-state index in [4.69, 9.17) is 4.74 Å². The van der Waals surface area contributed by atoms with Gasteiger partial charge in [0.05, 0.1) is 0 Å². The zero-order valence-electron chi connectivity index (χ0n) is 13.2. The monoisotopic (exact) mass is 294 g/mol. The molecule has 0 spiro atoms. The molecule has 0 bridgehead atoms. The van der Waals surface area contributed by atoms with Gasteiger partial charge in [-0.2, -0.15) is 0 Å². The zero-order chi connectivity index (χ0) is 15.2. The molecule has 2 heterocycles. The highest BCUT2D eigenvalue weighted by Crippen LogP contribution is 2.15. The van der Waals surface area contributed by atoms with Crippen molar-refractivity contribution in [3.63, 3.8) is 0 Å². The van der Waals surface area contributed by atoms with Gasteiger partial charge in [0.25, 0.3) is 5.56 Å². The van der Waals surface area contributed by atoms with Crippen LogP contribution in [0, 0.1) is 0 Å². The molecule has 0 unspecified atom stereocenters. The van der Waals surface area contributed by atoms with Gasteiger partial charge in [-0.3, -0.25) is 4.79 Å². The van der Waals surface area contributed by atoms with E-state index in [-0.39, 0.29) is 5.56 Å². The number of nitrogens with one attached hydrogen (secondary N) is 1. The number of rotatable bonds is 6. The standard InChI is InChI=1S/C15H26N4O2/c1-12(6-10-21-3)17-13-5-4-8-19(11-13)14-15(20)18(2)9-7-16-14/h7,9,12-13,17H,4-6,8,10-11H2,1-3H3/t12-,13+/m1/s1. The predicted octanol–water partition coefficient (Wildman–Crippen LogP) is 0.764. The molecular weight excluding hydrogens is 268 g/mol. The molecule has 0 amide bonds. The molecule has 118 valence electrons. The molecule has 1 aromatic rings. The third kappa shape index (κ3) is 4.28. The Morgan fingerprint density at radius 1 is 1.57 bits per heavy atom. The summed E-state index contributed by atoms with van der Waals surface area (Å²) in [6.45, 7) is 4.68. The number of hydrogen-bond acceptors (Lipinski definition) is 5. The van der Waals surface area contributed by atoms with Gasteiger partial charge >= 0.3 is 0 Å². The Kier molecular flexibility index (Phi) is 5.76. The van der Waals surface area contributed by atoms with Crippen molar-refractivity contribution >= 4 is 5.82 Å². The van der Waals surface area contributed by atoms with E-state index >= 15 is 0 Å². The summed E-state index contributed by atoms with van der Waals surface area (Å²) in [7, 11) is 3.49. The number of methoxy groups -OCH3 is 1. The van der Waals surface area contributed by atoms with Crippen LogP contribution in [0.3, 0.4) is 0 Å². The van der Waals surface area contributed by atoms with E-state index in [0.29, 0.717) is 17.9 Å². The van der Waals surface area contributed by atoms with Crippen LogP contribution < -0.4 is 15.8 Å². The van der Waals surface area contributed by atoms with Crippen molar-refractivity contribution in [1.82, 2.24) is 14.9 Å². The van der Waals surface area contributed by atoms with Crippen molar-refractivity contribution in [2.45, 2.75) is 38.3 Å². The number of anilines is 1. The van der Waals surface area contributed by atoms with Gasteiger partial charge in [-0.05, 0) is 26.2 Å². The van der Waals surface area contributed by atoms with Crippen molar-refractivity contribution in [3.05, 3.63) is 22.7 Å². The Bertz CT molecular complexity index is 503. The summed E-state index contributed by atoms with van der Waals surface area (Å²) in [5, 5.41) is 3.63. The summed E-state index contributed by atoms with van der Waals surface area (Å²) in [4.78, 5) is 18.5. The molecule has 2 atom stereocenters. The van der Waals surface area contributed by atoms with Gasteiger partial charge in [0.1, 0.15) is 0 Å². The lowest BCUT2D eigenvalue weighted by molar-refractivity contribution is 0.181. The number of nitrogens with zero attached hydrogens (tertiary/aromatic N) is 3. The minimum Gasteiger partial charge on any atom is -0.385 e. The molecule has 21 heavy (non-hydrogen) atoms. The van der Waals surface area contributed by atoms with E-state index in [1.165, 1.54) is 0 Å². The van der Waals surface area contributed by atoms with Crippen molar-refractivity contribution in [3.8, 4) is 0 Å². The first-order valence-electron chi connectivity index (χ1n) is 7.63. The van der Waals surface area contributed by atoms with Crippen molar-refractivity contribution < 1.29 is 4.74 Å². The summed E-state index contributed by atoms with van der Waals surface area (Å²) in [6, 6.07) is 0.818. The van der Waals surface area contributed by atoms with Crippen LogP contribution in [-0.2, 0) is 11.8 Å². The number of hydrogen-bond donors (Lipinski definition) is 1. The number of aryl methyl sites for hydroxylation is 1. The van der Waals surface area contributed by atoms with E-state index in [2.05, 4.69) is 22.1 Å². The van der Waals surface area contributed by atoms with Gasteiger partial charge in [-0.1, -0.05) is 0 Å². The predicted molar refractivity (Wildman–Crippen MR) is 83.8 cm³/mol. The molecule has 0 aromatic carbocycles. The average Bonchev–Trinajstić information content (AvgIpc) is 2.48. The highest BCUT2D eigenvalue weighted by molar-refractivity contribution is 5.36. The van der Waals surface area contributed by atoms with Gasteiger partial charge in [-0.25, -0.2) is 4.98 Å². The second-order valence-corrected chi connectivity index (χ2v) is 5.80. The first-order valence-corrected chi connectivity index (χ1v) is 7.63. The third-order valence-electron chi connectivity index (χ3n) is 3.99. The van der Waals surface area contributed by atoms with E-state index in [1.807, 2.05) is 0 Å². The van der Waals surface area contributed by atoms with Gasteiger partial charge < -0.3 is 19.5 Å². The molecule has 0 saturated carbocycles. The Hall–Kier alpha value is -1.40. The zero-order valence-corrected chi connectivity index (χ0v) is 13.2. The van der Waals surface area contributed by atoms with Crippen LogP contribution in [-0.4, -0.2) is 48.4 Å². The Morgan fingerprint density at radius 2 is 2.38 bits per heavy atom. The van der Waals surface area contributed by atoms with Crippen LogP contribution in [0.4, 0.5) is 5.82 Å². The molecule has 1 saturated heterocycles. The Balaban J connectivity index is 1.97. The maximum atomic E-state index is 12.2. The Morgan fingerprint density at radius 3 is 3.14 bits per heavy atom. The van der Waals surface area contributed by atoms with Crippen LogP contribution in [0.2, 0.25) is 0 Å². The van der Waals surface area contributed by atoms with Crippen LogP contribution in [0.25, 0.3) is 0 Å². The number of ether oxygens (including phenoxy) is 1. The first kappa shape index (κ1) is 16.0. The normalized spacial score (nSPS) is 20.5. The van der Waals surface area contributed by atoms with Gasteiger partial charge in [0.15, 0.2) is 5.82 Å². The lowest BCUT2D eigenvalue weighted by Crippen LogP contribution is -2.50. The largest absolute Gasteiger partial charge is 0.385 e. The summed E-state index contributed by atoms with van der Waals surface area (Å²) in [6.07, 6.45) is 6.60. The fourth-order valence-corrected chi connectivity index (χ4v) is 2.79. The van der Waals surface area contributed by atoms with E-state index in [0.717, 1.165) is 39.0 Å². The fourth-order valence-electron chi connectivity index (χ4n) is 2.79. The average molecular weight is 294 g/mol. The van der Waals surface area contributed by atoms with Crippen molar-refractivity contribution in [1.29, 1.82) is 0 Å². The fraction of sp³-hybridized carbons (Fsp3) is 0.733. The van der Waals surface area contributed by atoms with Gasteiger partial charge in [0.2, 0.25) is 0 Å². The van der Waals surface area contributed by atoms with E-state index in [9.17, 15) is 4.79 Å². The quantitative estimate of drug-likeness (QED) is 0.839. The number of aromatic nitrogens is 2. The Labute approximate surface area is 126 Å².